The van der Waals surface area contributed by atoms with Crippen LogP contribution in [0.5, 0.6) is 0 Å². The first-order valence-corrected chi connectivity index (χ1v) is 8.29. The van der Waals surface area contributed by atoms with Gasteiger partial charge >= 0.3 is 0 Å². The SMILES string of the molecule is CN(C)CCN(C(=O)Cn1cncn1)c1nc2c(F)cc(F)cc2s1. The maximum absolute atomic E-state index is 13.9. The molecule has 0 radical (unpaired) electrons. The van der Waals surface area contributed by atoms with Crippen molar-refractivity contribution < 1.29 is 13.6 Å². The highest BCUT2D eigenvalue weighted by molar-refractivity contribution is 7.22. The van der Waals surface area contributed by atoms with E-state index in [4.69, 9.17) is 0 Å². The number of fused-ring (bicyclic) bond motifs is 1. The fourth-order valence-electron chi connectivity index (χ4n) is 2.23. The molecule has 0 aliphatic rings. The van der Waals surface area contributed by atoms with Crippen LogP contribution in [-0.4, -0.2) is 57.7 Å². The monoisotopic (exact) mass is 366 g/mol. The summed E-state index contributed by atoms with van der Waals surface area (Å²) in [6.45, 7) is 0.945. The number of thiazole rings is 1. The maximum atomic E-state index is 13.9. The number of hydrogen-bond donors (Lipinski definition) is 0. The van der Waals surface area contributed by atoms with Gasteiger partial charge in [0.15, 0.2) is 10.9 Å². The van der Waals surface area contributed by atoms with Gasteiger partial charge in [0.2, 0.25) is 0 Å². The summed E-state index contributed by atoms with van der Waals surface area (Å²) in [4.78, 5) is 24.1. The minimum absolute atomic E-state index is 0.0137. The van der Waals surface area contributed by atoms with Gasteiger partial charge in [-0.2, -0.15) is 5.10 Å². The quantitative estimate of drug-likeness (QED) is 0.665. The van der Waals surface area contributed by atoms with Gasteiger partial charge in [0.25, 0.3) is 5.91 Å². The molecule has 0 fully saturated rings. The van der Waals surface area contributed by atoms with Gasteiger partial charge in [-0.1, -0.05) is 11.3 Å². The molecule has 10 heteroatoms. The molecule has 0 saturated carbocycles. The summed E-state index contributed by atoms with van der Waals surface area (Å²) in [5.41, 5.74) is 0.0600. The molecule has 2 aromatic heterocycles. The number of carbonyl (C=O) groups is 1. The number of amides is 1. The number of rotatable bonds is 6. The minimum Gasteiger partial charge on any atom is -0.308 e. The second-order valence-corrected chi connectivity index (χ2v) is 6.68. The molecule has 3 rings (SSSR count). The minimum atomic E-state index is -0.742. The van der Waals surface area contributed by atoms with Crippen molar-refractivity contribution in [3.63, 3.8) is 0 Å². The van der Waals surface area contributed by atoms with Gasteiger partial charge < -0.3 is 4.90 Å². The fraction of sp³-hybridized carbons (Fsp3) is 0.333. The van der Waals surface area contributed by atoms with Crippen molar-refractivity contribution in [3.8, 4) is 0 Å². The Hall–Kier alpha value is -2.46. The van der Waals surface area contributed by atoms with E-state index in [0.29, 0.717) is 22.9 Å². The van der Waals surface area contributed by atoms with E-state index in [1.807, 2.05) is 19.0 Å². The van der Waals surface area contributed by atoms with Gasteiger partial charge in [-0.15, -0.1) is 0 Å². The van der Waals surface area contributed by atoms with E-state index in [2.05, 4.69) is 15.1 Å². The van der Waals surface area contributed by atoms with Crippen molar-refractivity contribution in [1.29, 1.82) is 0 Å². The predicted molar refractivity (Wildman–Crippen MR) is 90.5 cm³/mol. The molecule has 1 aromatic carbocycles. The Bertz CT molecular complexity index is 880. The number of nitrogens with zero attached hydrogens (tertiary/aromatic N) is 6. The van der Waals surface area contributed by atoms with Crippen molar-refractivity contribution in [2.75, 3.05) is 32.1 Å². The summed E-state index contributed by atoms with van der Waals surface area (Å²) >= 11 is 1.08. The molecule has 25 heavy (non-hydrogen) atoms. The van der Waals surface area contributed by atoms with Crippen LogP contribution in [0.1, 0.15) is 0 Å². The standard InChI is InChI=1S/C15H16F2N6OS/c1-21(2)3-4-23(13(24)7-22-9-18-8-19-22)15-20-14-11(17)5-10(16)6-12(14)25-15/h5-6,8-9H,3-4,7H2,1-2H3. The largest absolute Gasteiger partial charge is 0.308 e. The Kier molecular flexibility index (Phi) is 5.00. The van der Waals surface area contributed by atoms with Gasteiger partial charge in [0.05, 0.1) is 4.70 Å². The molecule has 3 aromatic rings. The van der Waals surface area contributed by atoms with E-state index in [1.165, 1.54) is 28.3 Å². The van der Waals surface area contributed by atoms with E-state index in [-0.39, 0.29) is 18.0 Å². The van der Waals surface area contributed by atoms with Gasteiger partial charge in [0, 0.05) is 19.2 Å². The molecule has 0 aliphatic heterocycles. The van der Waals surface area contributed by atoms with Crippen LogP contribution in [0.25, 0.3) is 10.2 Å². The van der Waals surface area contributed by atoms with Crippen LogP contribution in [-0.2, 0) is 11.3 Å². The molecule has 7 nitrogen and oxygen atoms in total. The molecule has 0 spiro atoms. The Labute approximate surface area is 146 Å². The zero-order valence-electron chi connectivity index (χ0n) is 13.7. The van der Waals surface area contributed by atoms with Crippen molar-refractivity contribution in [1.82, 2.24) is 24.6 Å². The third-order valence-corrected chi connectivity index (χ3v) is 4.49. The number of benzene rings is 1. The molecular formula is C15H16F2N6OS. The van der Waals surface area contributed by atoms with Crippen LogP contribution >= 0.6 is 11.3 Å². The van der Waals surface area contributed by atoms with Crippen LogP contribution in [0.3, 0.4) is 0 Å². The summed E-state index contributed by atoms with van der Waals surface area (Å²) in [6, 6.07) is 2.00. The molecule has 0 unspecified atom stereocenters. The lowest BCUT2D eigenvalue weighted by Crippen LogP contribution is -2.38. The van der Waals surface area contributed by atoms with Gasteiger partial charge in [-0.3, -0.25) is 9.69 Å². The number of anilines is 1. The van der Waals surface area contributed by atoms with Crippen molar-refractivity contribution in [2.45, 2.75) is 6.54 Å². The predicted octanol–water partition coefficient (Wildman–Crippen LogP) is 1.76. The lowest BCUT2D eigenvalue weighted by molar-refractivity contribution is -0.119. The highest BCUT2D eigenvalue weighted by Gasteiger charge is 2.22. The van der Waals surface area contributed by atoms with Crippen LogP contribution in [0.2, 0.25) is 0 Å². The van der Waals surface area contributed by atoms with Crippen LogP contribution < -0.4 is 4.90 Å². The summed E-state index contributed by atoms with van der Waals surface area (Å²) in [7, 11) is 3.76. The number of hydrogen-bond acceptors (Lipinski definition) is 6. The number of aromatic nitrogens is 4. The molecule has 0 aliphatic carbocycles. The van der Waals surface area contributed by atoms with Crippen molar-refractivity contribution in [3.05, 3.63) is 36.4 Å². The van der Waals surface area contributed by atoms with E-state index in [1.54, 1.807) is 0 Å². The van der Waals surface area contributed by atoms with Crippen LogP contribution in [0.15, 0.2) is 24.8 Å². The normalized spacial score (nSPS) is 11.4. The Balaban J connectivity index is 1.93. The smallest absolute Gasteiger partial charge is 0.250 e. The molecule has 0 saturated heterocycles. The summed E-state index contributed by atoms with van der Waals surface area (Å²) in [5.74, 6) is -1.67. The van der Waals surface area contributed by atoms with Gasteiger partial charge in [0.1, 0.15) is 30.5 Å². The fourth-order valence-corrected chi connectivity index (χ4v) is 3.27. The highest BCUT2D eigenvalue weighted by Crippen LogP contribution is 2.31. The van der Waals surface area contributed by atoms with Gasteiger partial charge in [-0.05, 0) is 20.2 Å². The van der Waals surface area contributed by atoms with E-state index in [9.17, 15) is 13.6 Å². The molecule has 2 heterocycles. The average Bonchev–Trinajstić information content (AvgIpc) is 3.16. The molecule has 1 amide bonds. The first-order valence-electron chi connectivity index (χ1n) is 7.47. The third kappa shape index (κ3) is 3.97. The van der Waals surface area contributed by atoms with Crippen molar-refractivity contribution in [2.24, 2.45) is 0 Å². The van der Waals surface area contributed by atoms with Crippen molar-refractivity contribution >= 4 is 32.6 Å². The number of likely N-dealkylation sites (N-methyl/N-ethyl adjacent to an activating group) is 1. The zero-order chi connectivity index (χ0) is 18.0. The Morgan fingerprint density at radius 1 is 1.28 bits per heavy atom. The lowest BCUT2D eigenvalue weighted by atomic mass is 10.3. The lowest BCUT2D eigenvalue weighted by Gasteiger charge is -2.21. The summed E-state index contributed by atoms with van der Waals surface area (Å²) in [5, 5.41) is 4.24. The molecule has 0 bridgehead atoms. The second kappa shape index (κ2) is 7.19. The summed E-state index contributed by atoms with van der Waals surface area (Å²) < 4.78 is 29.1. The van der Waals surface area contributed by atoms with E-state index < -0.39 is 11.6 Å². The molecular weight excluding hydrogens is 350 g/mol. The Morgan fingerprint density at radius 2 is 2.08 bits per heavy atom. The Morgan fingerprint density at radius 3 is 2.76 bits per heavy atom. The number of carbonyl (C=O) groups excluding carboxylic acids is 1. The topological polar surface area (TPSA) is 67.2 Å². The van der Waals surface area contributed by atoms with Crippen LogP contribution in [0.4, 0.5) is 13.9 Å². The van der Waals surface area contributed by atoms with Gasteiger partial charge in [-0.25, -0.2) is 23.4 Å². The third-order valence-electron chi connectivity index (χ3n) is 3.47. The van der Waals surface area contributed by atoms with Crippen LogP contribution in [0, 0.1) is 11.6 Å². The van der Waals surface area contributed by atoms with E-state index in [0.717, 1.165) is 17.4 Å². The zero-order valence-corrected chi connectivity index (χ0v) is 14.5. The highest BCUT2D eigenvalue weighted by atomic mass is 32.1. The molecule has 132 valence electrons. The first-order chi connectivity index (χ1) is 11.9. The maximum Gasteiger partial charge on any atom is 0.250 e. The average molecular weight is 366 g/mol. The summed E-state index contributed by atoms with van der Waals surface area (Å²) in [6.07, 6.45) is 2.78. The first kappa shape index (κ1) is 17.4. The second-order valence-electron chi connectivity index (χ2n) is 5.67. The van der Waals surface area contributed by atoms with E-state index >= 15 is 0 Å². The molecule has 0 N–H and O–H groups in total. The number of halogens is 2. The molecule has 0 atom stereocenters.